The Balaban J connectivity index is 2.82. The van der Waals surface area contributed by atoms with E-state index in [0.29, 0.717) is 17.4 Å². The monoisotopic (exact) mass is 339 g/mol. The van der Waals surface area contributed by atoms with E-state index >= 15 is 0 Å². The lowest BCUT2D eigenvalue weighted by atomic mass is 10.2. The van der Waals surface area contributed by atoms with Crippen LogP contribution in [-0.4, -0.2) is 15.0 Å². The molecule has 0 spiro atoms. The van der Waals surface area contributed by atoms with Gasteiger partial charge in [-0.25, -0.2) is 13.1 Å². The van der Waals surface area contributed by atoms with E-state index in [-0.39, 0.29) is 0 Å². The van der Waals surface area contributed by atoms with Gasteiger partial charge in [-0.2, -0.15) is 0 Å². The maximum absolute atomic E-state index is 11.7. The second-order valence-corrected chi connectivity index (χ2v) is 6.71. The van der Waals surface area contributed by atoms with Crippen LogP contribution in [0.15, 0.2) is 29.2 Å². The molecule has 0 aliphatic heterocycles. The van der Waals surface area contributed by atoms with Crippen LogP contribution >= 0.6 is 22.6 Å². The quantitative estimate of drug-likeness (QED) is 0.855. The maximum atomic E-state index is 11.7. The van der Waals surface area contributed by atoms with E-state index in [0.717, 1.165) is 3.57 Å². The van der Waals surface area contributed by atoms with Gasteiger partial charge in [0, 0.05) is 10.1 Å². The van der Waals surface area contributed by atoms with Crippen molar-refractivity contribution in [1.29, 1.82) is 0 Å². The van der Waals surface area contributed by atoms with Crippen LogP contribution in [0.3, 0.4) is 0 Å². The zero-order valence-corrected chi connectivity index (χ0v) is 11.7. The molecule has 0 fully saturated rings. The first-order chi connectivity index (χ1) is 6.92. The minimum absolute atomic E-state index is 0.309. The van der Waals surface area contributed by atoms with Gasteiger partial charge in [0.15, 0.2) is 0 Å². The molecule has 1 aromatic rings. The Morgan fingerprint density at radius 3 is 2.27 bits per heavy atom. The van der Waals surface area contributed by atoms with Crippen LogP contribution < -0.4 is 4.72 Å². The van der Waals surface area contributed by atoms with Gasteiger partial charge in [-0.15, -0.1) is 0 Å². The van der Waals surface area contributed by atoms with Gasteiger partial charge < -0.3 is 0 Å². The van der Waals surface area contributed by atoms with Gasteiger partial charge in [0.25, 0.3) is 0 Å². The van der Waals surface area contributed by atoms with E-state index in [2.05, 4.69) is 27.3 Å². The topological polar surface area (TPSA) is 46.2 Å². The summed E-state index contributed by atoms with van der Waals surface area (Å²) in [6, 6.07) is 6.80. The zero-order chi connectivity index (χ0) is 11.5. The van der Waals surface area contributed by atoms with Crippen LogP contribution in [0.5, 0.6) is 0 Å². The van der Waals surface area contributed by atoms with Crippen molar-refractivity contribution in [2.45, 2.75) is 18.7 Å². The Labute approximate surface area is 104 Å². The van der Waals surface area contributed by atoms with Crippen molar-refractivity contribution in [1.82, 2.24) is 4.72 Å². The van der Waals surface area contributed by atoms with Crippen LogP contribution in [0.25, 0.3) is 0 Å². The summed E-state index contributed by atoms with van der Waals surface area (Å²) in [5.74, 6) is 0.309. The molecule has 15 heavy (non-hydrogen) atoms. The van der Waals surface area contributed by atoms with E-state index in [1.807, 2.05) is 13.8 Å². The lowest BCUT2D eigenvalue weighted by Gasteiger charge is -2.08. The van der Waals surface area contributed by atoms with E-state index in [1.54, 1.807) is 24.3 Å². The average molecular weight is 339 g/mol. The van der Waals surface area contributed by atoms with Gasteiger partial charge in [0.2, 0.25) is 10.0 Å². The molecule has 84 valence electrons. The van der Waals surface area contributed by atoms with Gasteiger partial charge >= 0.3 is 0 Å². The average Bonchev–Trinajstić information content (AvgIpc) is 2.16. The number of rotatable bonds is 4. The van der Waals surface area contributed by atoms with Crippen molar-refractivity contribution in [3.63, 3.8) is 0 Å². The first kappa shape index (κ1) is 12.9. The lowest BCUT2D eigenvalue weighted by Crippen LogP contribution is -2.27. The smallest absolute Gasteiger partial charge is 0.211 e. The lowest BCUT2D eigenvalue weighted by molar-refractivity contribution is 0.560. The van der Waals surface area contributed by atoms with Crippen LogP contribution in [0.4, 0.5) is 0 Å². The highest BCUT2D eigenvalue weighted by molar-refractivity contribution is 14.1. The summed E-state index contributed by atoms with van der Waals surface area (Å²) < 4.78 is 27.1. The van der Waals surface area contributed by atoms with E-state index in [4.69, 9.17) is 0 Å². The SMILES string of the molecule is CC(C)CNS(=O)(=O)c1ccc(I)cc1. The van der Waals surface area contributed by atoms with Crippen LogP contribution in [-0.2, 0) is 10.0 Å². The Morgan fingerprint density at radius 1 is 1.27 bits per heavy atom. The van der Waals surface area contributed by atoms with Gasteiger partial charge in [0.1, 0.15) is 0 Å². The molecule has 1 rings (SSSR count). The minimum atomic E-state index is -3.33. The van der Waals surface area contributed by atoms with E-state index in [9.17, 15) is 8.42 Å². The number of nitrogens with one attached hydrogen (secondary N) is 1. The highest BCUT2D eigenvalue weighted by Crippen LogP contribution is 2.11. The van der Waals surface area contributed by atoms with Crippen molar-refractivity contribution >= 4 is 32.6 Å². The molecule has 0 aliphatic carbocycles. The third-order valence-electron chi connectivity index (χ3n) is 1.81. The molecule has 0 saturated carbocycles. The van der Waals surface area contributed by atoms with Crippen molar-refractivity contribution in [3.05, 3.63) is 27.8 Å². The zero-order valence-electron chi connectivity index (χ0n) is 8.70. The Morgan fingerprint density at radius 2 is 1.80 bits per heavy atom. The molecule has 0 amide bonds. The predicted octanol–water partition coefficient (Wildman–Crippen LogP) is 2.23. The highest BCUT2D eigenvalue weighted by Gasteiger charge is 2.13. The molecule has 5 heteroatoms. The number of sulfonamides is 1. The Bertz CT molecular complexity index is 412. The summed E-state index contributed by atoms with van der Waals surface area (Å²) in [5.41, 5.74) is 0. The Kier molecular flexibility index (Phi) is 4.54. The summed E-state index contributed by atoms with van der Waals surface area (Å²) in [6.07, 6.45) is 0. The molecule has 1 N–H and O–H groups in total. The Hall–Kier alpha value is -0.140. The van der Waals surface area contributed by atoms with Gasteiger partial charge in [0.05, 0.1) is 4.90 Å². The number of benzene rings is 1. The van der Waals surface area contributed by atoms with Crippen LogP contribution in [0.1, 0.15) is 13.8 Å². The molecular formula is C10H14INO2S. The maximum Gasteiger partial charge on any atom is 0.240 e. The summed E-state index contributed by atoms with van der Waals surface area (Å²) >= 11 is 2.14. The van der Waals surface area contributed by atoms with Crippen molar-refractivity contribution in [3.8, 4) is 0 Å². The number of hydrogen-bond acceptors (Lipinski definition) is 2. The molecule has 0 aromatic heterocycles. The summed E-state index contributed by atoms with van der Waals surface area (Å²) in [6.45, 7) is 4.40. The van der Waals surface area contributed by atoms with Gasteiger partial charge in [-0.3, -0.25) is 0 Å². The molecule has 0 unspecified atom stereocenters. The molecular weight excluding hydrogens is 325 g/mol. The molecule has 0 heterocycles. The van der Waals surface area contributed by atoms with Crippen LogP contribution in [0.2, 0.25) is 0 Å². The van der Waals surface area contributed by atoms with E-state index < -0.39 is 10.0 Å². The highest BCUT2D eigenvalue weighted by atomic mass is 127. The minimum Gasteiger partial charge on any atom is -0.211 e. The van der Waals surface area contributed by atoms with Crippen LogP contribution in [0, 0.1) is 9.49 Å². The van der Waals surface area contributed by atoms with Crippen molar-refractivity contribution in [2.75, 3.05) is 6.54 Å². The molecule has 0 aliphatic rings. The fourth-order valence-corrected chi connectivity index (χ4v) is 2.55. The largest absolute Gasteiger partial charge is 0.240 e. The summed E-state index contributed by atoms with van der Waals surface area (Å²) in [7, 11) is -3.33. The van der Waals surface area contributed by atoms with Gasteiger partial charge in [-0.1, -0.05) is 13.8 Å². The molecule has 0 radical (unpaired) electrons. The molecule has 0 saturated heterocycles. The third-order valence-corrected chi connectivity index (χ3v) is 3.96. The van der Waals surface area contributed by atoms with Gasteiger partial charge in [-0.05, 0) is 52.8 Å². The third kappa shape index (κ3) is 4.08. The van der Waals surface area contributed by atoms with Crippen molar-refractivity contribution < 1.29 is 8.42 Å². The number of hydrogen-bond donors (Lipinski definition) is 1. The van der Waals surface area contributed by atoms with E-state index in [1.165, 1.54) is 0 Å². The second-order valence-electron chi connectivity index (χ2n) is 3.70. The predicted molar refractivity (Wildman–Crippen MR) is 69.2 cm³/mol. The fourth-order valence-electron chi connectivity index (χ4n) is 0.973. The van der Waals surface area contributed by atoms with Crippen molar-refractivity contribution in [2.24, 2.45) is 5.92 Å². The second kappa shape index (κ2) is 5.27. The summed E-state index contributed by atoms with van der Waals surface area (Å²) in [5, 5.41) is 0. The standard InChI is InChI=1S/C10H14INO2S/c1-8(2)7-12-15(13,14)10-5-3-9(11)4-6-10/h3-6,8,12H,7H2,1-2H3. The first-order valence-corrected chi connectivity index (χ1v) is 7.23. The molecule has 1 aromatic carbocycles. The normalized spacial score (nSPS) is 12.0. The number of halogens is 1. The molecule has 0 atom stereocenters. The molecule has 3 nitrogen and oxygen atoms in total. The fraction of sp³-hybridized carbons (Fsp3) is 0.400. The molecule has 0 bridgehead atoms. The first-order valence-electron chi connectivity index (χ1n) is 4.67. The summed E-state index contributed by atoms with van der Waals surface area (Å²) in [4.78, 5) is 0.323.